The van der Waals surface area contributed by atoms with Gasteiger partial charge in [-0.05, 0) is 44.7 Å². The first-order valence-corrected chi connectivity index (χ1v) is 8.40. The fourth-order valence-corrected chi connectivity index (χ4v) is 2.85. The quantitative estimate of drug-likeness (QED) is 0.599. The maximum Gasteiger partial charge on any atom is 0.160 e. The van der Waals surface area contributed by atoms with Crippen molar-refractivity contribution in [1.29, 1.82) is 0 Å². The maximum absolute atomic E-state index is 6.19. The van der Waals surface area contributed by atoms with Crippen LogP contribution >= 0.6 is 0 Å². The lowest BCUT2D eigenvalue weighted by molar-refractivity contribution is 0.541. The molecular formula is C22H23NO. The van der Waals surface area contributed by atoms with Gasteiger partial charge in [0.2, 0.25) is 0 Å². The Balaban J connectivity index is 2.19. The largest absolute Gasteiger partial charge is 0.454 e. The minimum atomic E-state index is 0.781. The second-order valence-electron chi connectivity index (χ2n) is 6.21. The summed E-state index contributed by atoms with van der Waals surface area (Å²) in [5.74, 6) is 0.837. The summed E-state index contributed by atoms with van der Waals surface area (Å²) in [6, 6.07) is 12.1. The smallest absolute Gasteiger partial charge is 0.160 e. The first-order valence-electron chi connectivity index (χ1n) is 8.40. The van der Waals surface area contributed by atoms with Crippen LogP contribution in [0, 0.1) is 0 Å². The topological polar surface area (TPSA) is 25.5 Å². The molecule has 3 rings (SSSR count). The molecule has 1 aromatic carbocycles. The predicted octanol–water partition coefficient (Wildman–Crippen LogP) is 4.61. The molecule has 0 spiro atoms. The summed E-state index contributed by atoms with van der Waals surface area (Å²) < 4.78 is 6.19. The average Bonchev–Trinajstić information content (AvgIpc) is 2.79. The number of rotatable bonds is 3. The fourth-order valence-electron chi connectivity index (χ4n) is 2.85. The van der Waals surface area contributed by atoms with Gasteiger partial charge in [0.25, 0.3) is 0 Å². The van der Waals surface area contributed by atoms with E-state index in [-0.39, 0.29) is 0 Å². The molecule has 122 valence electrons. The third-order valence-corrected chi connectivity index (χ3v) is 3.97. The van der Waals surface area contributed by atoms with E-state index < -0.39 is 0 Å². The van der Waals surface area contributed by atoms with E-state index >= 15 is 0 Å². The van der Waals surface area contributed by atoms with E-state index in [1.807, 2.05) is 50.2 Å². The molecule has 1 heterocycles. The van der Waals surface area contributed by atoms with Crippen LogP contribution in [0.15, 0.2) is 69.6 Å². The summed E-state index contributed by atoms with van der Waals surface area (Å²) in [6.45, 7) is 8.21. The molecule has 0 atom stereocenters. The van der Waals surface area contributed by atoms with Gasteiger partial charge in [0, 0.05) is 16.5 Å². The van der Waals surface area contributed by atoms with Crippen LogP contribution in [-0.2, 0) is 0 Å². The van der Waals surface area contributed by atoms with Crippen molar-refractivity contribution < 1.29 is 4.42 Å². The number of furan rings is 1. The Hall–Kier alpha value is -2.61. The molecule has 0 N–H and O–H groups in total. The molecule has 0 aliphatic heterocycles. The van der Waals surface area contributed by atoms with E-state index in [2.05, 4.69) is 24.8 Å². The Morgan fingerprint density at radius 2 is 1.92 bits per heavy atom. The van der Waals surface area contributed by atoms with Crippen molar-refractivity contribution >= 4 is 18.0 Å². The summed E-state index contributed by atoms with van der Waals surface area (Å²) in [4.78, 5) is 4.78. The molecule has 1 aromatic heterocycles. The van der Waals surface area contributed by atoms with E-state index in [4.69, 9.17) is 9.41 Å². The van der Waals surface area contributed by atoms with Gasteiger partial charge in [0.15, 0.2) is 5.42 Å². The number of aliphatic imine (C=N–C) groups is 1. The molecule has 0 unspecified atom stereocenters. The highest BCUT2D eigenvalue weighted by Gasteiger charge is 2.11. The second-order valence-corrected chi connectivity index (χ2v) is 6.21. The van der Waals surface area contributed by atoms with Gasteiger partial charge in [-0.3, -0.25) is 4.99 Å². The number of nitrogens with zero attached hydrogens (tertiary/aromatic N) is 1. The van der Waals surface area contributed by atoms with Crippen LogP contribution < -0.4 is 10.6 Å². The first kappa shape index (κ1) is 16.3. The molecule has 2 nitrogen and oxygen atoms in total. The third kappa shape index (κ3) is 3.65. The highest BCUT2D eigenvalue weighted by atomic mass is 16.3. The number of hydrogen-bond acceptors (Lipinski definition) is 2. The SMILES string of the molecule is C=c1cc(-c2ccccc2)o/c1=C(/N=C(C)C)C1=CCC=CCC1. The lowest BCUT2D eigenvalue weighted by Gasteiger charge is -2.06. The molecule has 1 aliphatic rings. The molecule has 0 bridgehead atoms. The fraction of sp³-hybridized carbons (Fsp3) is 0.227. The van der Waals surface area contributed by atoms with E-state index in [0.717, 1.165) is 52.6 Å². The number of benzene rings is 1. The number of allylic oxidation sites excluding steroid dienone is 3. The van der Waals surface area contributed by atoms with Gasteiger partial charge in [-0.25, -0.2) is 0 Å². The van der Waals surface area contributed by atoms with Crippen LogP contribution in [0.1, 0.15) is 33.1 Å². The van der Waals surface area contributed by atoms with Crippen LogP contribution in [-0.4, -0.2) is 5.71 Å². The number of hydrogen-bond donors (Lipinski definition) is 0. The lowest BCUT2D eigenvalue weighted by atomic mass is 10.1. The van der Waals surface area contributed by atoms with Crippen LogP contribution in [0.2, 0.25) is 0 Å². The van der Waals surface area contributed by atoms with Gasteiger partial charge >= 0.3 is 0 Å². The Morgan fingerprint density at radius 3 is 2.67 bits per heavy atom. The minimum absolute atomic E-state index is 0.781. The molecule has 1 aliphatic carbocycles. The van der Waals surface area contributed by atoms with Gasteiger partial charge < -0.3 is 4.42 Å². The normalized spacial score (nSPS) is 15.5. The molecule has 0 saturated heterocycles. The van der Waals surface area contributed by atoms with Crippen molar-refractivity contribution in [3.8, 4) is 11.3 Å². The molecule has 0 saturated carbocycles. The Bertz CT molecular complexity index is 907. The zero-order chi connectivity index (χ0) is 16.9. The van der Waals surface area contributed by atoms with E-state index in [1.54, 1.807) is 0 Å². The zero-order valence-corrected chi connectivity index (χ0v) is 14.4. The van der Waals surface area contributed by atoms with Crippen LogP contribution in [0.3, 0.4) is 0 Å². The summed E-state index contributed by atoms with van der Waals surface area (Å²) in [5.41, 5.74) is 5.01. The van der Waals surface area contributed by atoms with Gasteiger partial charge in [-0.1, -0.05) is 55.1 Å². The predicted molar refractivity (Wildman–Crippen MR) is 102 cm³/mol. The van der Waals surface area contributed by atoms with Gasteiger partial charge in [-0.15, -0.1) is 0 Å². The van der Waals surface area contributed by atoms with Gasteiger partial charge in [0.1, 0.15) is 11.5 Å². The average molecular weight is 317 g/mol. The van der Waals surface area contributed by atoms with Crippen molar-refractivity contribution in [2.24, 2.45) is 4.99 Å². The molecule has 0 fully saturated rings. The van der Waals surface area contributed by atoms with Gasteiger partial charge in [0.05, 0.1) is 0 Å². The van der Waals surface area contributed by atoms with Gasteiger partial charge in [-0.2, -0.15) is 0 Å². The van der Waals surface area contributed by atoms with Crippen molar-refractivity contribution in [2.45, 2.75) is 33.1 Å². The minimum Gasteiger partial charge on any atom is -0.454 e. The van der Waals surface area contributed by atoms with Crippen LogP contribution in [0.5, 0.6) is 0 Å². The van der Waals surface area contributed by atoms with Crippen molar-refractivity contribution in [1.82, 2.24) is 0 Å². The molecular weight excluding hydrogens is 294 g/mol. The molecule has 0 amide bonds. The standard InChI is InChI=1S/C22H23NO/c1-16(2)23-21(19-13-7-4-5-8-14-19)22-17(3)15-20(24-22)18-11-9-6-10-12-18/h4-6,9-13,15H,3,7-8,14H2,1-2H3/b22-21+. The summed E-state index contributed by atoms with van der Waals surface area (Å²) in [6.07, 6.45) is 9.63. The summed E-state index contributed by atoms with van der Waals surface area (Å²) in [7, 11) is 0. The molecule has 24 heavy (non-hydrogen) atoms. The van der Waals surface area contributed by atoms with Crippen molar-refractivity contribution in [3.05, 3.63) is 70.8 Å². The van der Waals surface area contributed by atoms with E-state index in [9.17, 15) is 0 Å². The Kier molecular flexibility index (Phi) is 4.95. The third-order valence-electron chi connectivity index (χ3n) is 3.97. The lowest BCUT2D eigenvalue weighted by Crippen LogP contribution is -2.21. The Labute approximate surface area is 143 Å². The van der Waals surface area contributed by atoms with E-state index in [0.29, 0.717) is 0 Å². The van der Waals surface area contributed by atoms with Crippen molar-refractivity contribution in [3.63, 3.8) is 0 Å². The van der Waals surface area contributed by atoms with Crippen LogP contribution in [0.4, 0.5) is 0 Å². The van der Waals surface area contributed by atoms with E-state index in [1.165, 1.54) is 5.57 Å². The molecule has 0 radical (unpaired) electrons. The maximum atomic E-state index is 6.19. The second kappa shape index (κ2) is 7.31. The van der Waals surface area contributed by atoms with Crippen LogP contribution in [0.25, 0.3) is 23.6 Å². The zero-order valence-electron chi connectivity index (χ0n) is 14.4. The Morgan fingerprint density at radius 1 is 1.12 bits per heavy atom. The molecule has 2 aromatic rings. The highest BCUT2D eigenvalue weighted by molar-refractivity contribution is 5.85. The first-order chi connectivity index (χ1) is 11.6. The molecule has 2 heteroatoms. The highest BCUT2D eigenvalue weighted by Crippen LogP contribution is 2.23. The monoisotopic (exact) mass is 317 g/mol. The summed E-state index contributed by atoms with van der Waals surface area (Å²) >= 11 is 0. The summed E-state index contributed by atoms with van der Waals surface area (Å²) in [5, 5.41) is 0.881. The van der Waals surface area contributed by atoms with Crippen molar-refractivity contribution in [2.75, 3.05) is 0 Å².